The molecule has 1 unspecified atom stereocenters. The Morgan fingerprint density at radius 2 is 2.12 bits per heavy atom. The number of benzene rings is 1. The van der Waals surface area contributed by atoms with Crippen molar-refractivity contribution < 1.29 is 4.74 Å². The minimum atomic E-state index is 0.540. The van der Waals surface area contributed by atoms with Gasteiger partial charge in [-0.3, -0.25) is 0 Å². The first kappa shape index (κ1) is 14.4. The fourth-order valence-electron chi connectivity index (χ4n) is 1.79. The average molecular weight is 300 g/mol. The maximum absolute atomic E-state index is 5.25. The van der Waals surface area contributed by atoms with Crippen LogP contribution in [0.15, 0.2) is 22.7 Å². The number of methoxy groups -OCH3 is 1. The zero-order valence-electron chi connectivity index (χ0n) is 10.9. The van der Waals surface area contributed by atoms with E-state index in [0.717, 1.165) is 22.3 Å². The molecule has 0 saturated heterocycles. The van der Waals surface area contributed by atoms with Crippen molar-refractivity contribution in [3.63, 3.8) is 0 Å². The number of nitrogens with one attached hydrogen (secondary N) is 1. The standard InChI is InChI=1S/C14H22BrNO/c1-4-6-7-11(5-2)16-14-10-12(17-3)8-9-13(14)15/h8-11,16H,4-7H2,1-3H3. The summed E-state index contributed by atoms with van der Waals surface area (Å²) >= 11 is 3.57. The number of halogens is 1. The minimum absolute atomic E-state index is 0.540. The molecule has 2 nitrogen and oxygen atoms in total. The molecule has 96 valence electrons. The van der Waals surface area contributed by atoms with Gasteiger partial charge in [0.2, 0.25) is 0 Å². The molecule has 0 aromatic heterocycles. The van der Waals surface area contributed by atoms with Gasteiger partial charge < -0.3 is 10.1 Å². The van der Waals surface area contributed by atoms with Crippen LogP contribution in [0.5, 0.6) is 5.75 Å². The van der Waals surface area contributed by atoms with E-state index in [2.05, 4.69) is 35.1 Å². The highest BCUT2D eigenvalue weighted by Gasteiger charge is 2.08. The second-order valence-electron chi connectivity index (χ2n) is 4.24. The van der Waals surface area contributed by atoms with Crippen molar-refractivity contribution >= 4 is 21.6 Å². The number of ether oxygens (including phenoxy) is 1. The number of hydrogen-bond acceptors (Lipinski definition) is 2. The molecule has 0 radical (unpaired) electrons. The lowest BCUT2D eigenvalue weighted by molar-refractivity contribution is 0.415. The predicted octanol–water partition coefficient (Wildman–Crippen LogP) is 4.84. The Bertz CT molecular complexity index is 341. The van der Waals surface area contributed by atoms with E-state index in [-0.39, 0.29) is 0 Å². The third kappa shape index (κ3) is 4.58. The van der Waals surface area contributed by atoms with Gasteiger partial charge in [0.05, 0.1) is 12.8 Å². The van der Waals surface area contributed by atoms with Crippen molar-refractivity contribution in [1.29, 1.82) is 0 Å². The second kappa shape index (κ2) is 7.59. The quantitative estimate of drug-likeness (QED) is 0.778. The molecule has 0 spiro atoms. The first-order chi connectivity index (χ1) is 8.21. The van der Waals surface area contributed by atoms with Gasteiger partial charge in [0.15, 0.2) is 0 Å². The molecular formula is C14H22BrNO. The summed E-state index contributed by atoms with van der Waals surface area (Å²) in [7, 11) is 1.70. The van der Waals surface area contributed by atoms with Crippen molar-refractivity contribution in [1.82, 2.24) is 0 Å². The van der Waals surface area contributed by atoms with Crippen LogP contribution in [0.2, 0.25) is 0 Å². The van der Waals surface area contributed by atoms with E-state index in [0.29, 0.717) is 6.04 Å². The Hall–Kier alpha value is -0.700. The highest BCUT2D eigenvalue weighted by molar-refractivity contribution is 9.10. The lowest BCUT2D eigenvalue weighted by atomic mass is 10.1. The summed E-state index contributed by atoms with van der Waals surface area (Å²) in [5.74, 6) is 0.890. The van der Waals surface area contributed by atoms with Gasteiger partial charge in [0.1, 0.15) is 5.75 Å². The number of rotatable bonds is 7. The van der Waals surface area contributed by atoms with Gasteiger partial charge in [0, 0.05) is 16.6 Å². The average Bonchev–Trinajstić information content (AvgIpc) is 2.36. The van der Waals surface area contributed by atoms with Gasteiger partial charge in [-0.05, 0) is 40.9 Å². The first-order valence-corrected chi connectivity index (χ1v) is 7.10. The molecule has 0 saturated carbocycles. The second-order valence-corrected chi connectivity index (χ2v) is 5.09. The maximum atomic E-state index is 5.25. The SMILES string of the molecule is CCCCC(CC)Nc1cc(OC)ccc1Br. The lowest BCUT2D eigenvalue weighted by Gasteiger charge is -2.19. The maximum Gasteiger partial charge on any atom is 0.121 e. The van der Waals surface area contributed by atoms with Gasteiger partial charge in [0.25, 0.3) is 0 Å². The Labute approximate surface area is 113 Å². The molecule has 0 heterocycles. The fraction of sp³-hybridized carbons (Fsp3) is 0.571. The van der Waals surface area contributed by atoms with Crippen LogP contribution >= 0.6 is 15.9 Å². The summed E-state index contributed by atoms with van der Waals surface area (Å²) in [6.45, 7) is 4.45. The molecule has 0 amide bonds. The summed E-state index contributed by atoms with van der Waals surface area (Å²) in [5.41, 5.74) is 1.12. The zero-order chi connectivity index (χ0) is 12.7. The van der Waals surface area contributed by atoms with Crippen molar-refractivity contribution in [2.75, 3.05) is 12.4 Å². The highest BCUT2D eigenvalue weighted by Crippen LogP contribution is 2.28. The van der Waals surface area contributed by atoms with Crippen LogP contribution in [0, 0.1) is 0 Å². The fourth-order valence-corrected chi connectivity index (χ4v) is 2.15. The van der Waals surface area contributed by atoms with Gasteiger partial charge >= 0.3 is 0 Å². The number of unbranched alkanes of at least 4 members (excludes halogenated alkanes) is 1. The molecule has 17 heavy (non-hydrogen) atoms. The van der Waals surface area contributed by atoms with Crippen LogP contribution in [-0.4, -0.2) is 13.2 Å². The normalized spacial score (nSPS) is 12.2. The lowest BCUT2D eigenvalue weighted by Crippen LogP contribution is -2.18. The molecule has 1 N–H and O–H groups in total. The summed E-state index contributed by atoms with van der Waals surface area (Å²) in [5, 5.41) is 3.58. The molecule has 3 heteroatoms. The molecule has 0 aliphatic rings. The summed E-state index contributed by atoms with van der Waals surface area (Å²) < 4.78 is 6.34. The van der Waals surface area contributed by atoms with Gasteiger partial charge in [-0.25, -0.2) is 0 Å². The Morgan fingerprint density at radius 1 is 1.35 bits per heavy atom. The van der Waals surface area contributed by atoms with Gasteiger partial charge in [-0.1, -0.05) is 26.7 Å². The molecule has 0 aliphatic heterocycles. The topological polar surface area (TPSA) is 21.3 Å². The van der Waals surface area contributed by atoms with E-state index in [1.807, 2.05) is 18.2 Å². The summed E-state index contributed by atoms with van der Waals surface area (Å²) in [6.07, 6.45) is 4.88. The van der Waals surface area contributed by atoms with Crippen molar-refractivity contribution in [3.05, 3.63) is 22.7 Å². The van der Waals surface area contributed by atoms with Crippen LogP contribution < -0.4 is 10.1 Å². The van der Waals surface area contributed by atoms with Crippen LogP contribution in [0.4, 0.5) is 5.69 Å². The zero-order valence-corrected chi connectivity index (χ0v) is 12.5. The van der Waals surface area contributed by atoms with E-state index in [9.17, 15) is 0 Å². The number of hydrogen-bond donors (Lipinski definition) is 1. The van der Waals surface area contributed by atoms with Crippen molar-refractivity contribution in [2.45, 2.75) is 45.6 Å². The van der Waals surface area contributed by atoms with Crippen LogP contribution in [0.25, 0.3) is 0 Å². The molecular weight excluding hydrogens is 278 g/mol. The Kier molecular flexibility index (Phi) is 6.41. The van der Waals surface area contributed by atoms with E-state index < -0.39 is 0 Å². The smallest absolute Gasteiger partial charge is 0.121 e. The highest BCUT2D eigenvalue weighted by atomic mass is 79.9. The monoisotopic (exact) mass is 299 g/mol. The minimum Gasteiger partial charge on any atom is -0.497 e. The largest absolute Gasteiger partial charge is 0.497 e. The van der Waals surface area contributed by atoms with E-state index >= 15 is 0 Å². The van der Waals surface area contributed by atoms with Gasteiger partial charge in [-0.15, -0.1) is 0 Å². The molecule has 0 fully saturated rings. The first-order valence-electron chi connectivity index (χ1n) is 6.31. The van der Waals surface area contributed by atoms with Crippen LogP contribution in [0.3, 0.4) is 0 Å². The molecule has 1 atom stereocenters. The summed E-state index contributed by atoms with van der Waals surface area (Å²) in [4.78, 5) is 0. The Balaban J connectivity index is 2.70. The number of anilines is 1. The van der Waals surface area contributed by atoms with Crippen LogP contribution in [0.1, 0.15) is 39.5 Å². The van der Waals surface area contributed by atoms with E-state index in [4.69, 9.17) is 4.74 Å². The molecule has 1 rings (SSSR count). The third-order valence-electron chi connectivity index (χ3n) is 2.93. The van der Waals surface area contributed by atoms with E-state index in [1.165, 1.54) is 19.3 Å². The molecule has 0 bridgehead atoms. The summed E-state index contributed by atoms with van der Waals surface area (Å²) in [6, 6.07) is 6.56. The third-order valence-corrected chi connectivity index (χ3v) is 3.62. The Morgan fingerprint density at radius 3 is 2.71 bits per heavy atom. The van der Waals surface area contributed by atoms with Crippen molar-refractivity contribution in [2.24, 2.45) is 0 Å². The van der Waals surface area contributed by atoms with Crippen molar-refractivity contribution in [3.8, 4) is 5.75 Å². The molecule has 1 aromatic rings. The van der Waals surface area contributed by atoms with Gasteiger partial charge in [-0.2, -0.15) is 0 Å². The van der Waals surface area contributed by atoms with E-state index in [1.54, 1.807) is 7.11 Å². The predicted molar refractivity (Wildman–Crippen MR) is 77.9 cm³/mol. The molecule has 0 aliphatic carbocycles. The molecule has 1 aromatic carbocycles. The van der Waals surface area contributed by atoms with Crippen LogP contribution in [-0.2, 0) is 0 Å².